The monoisotopic (exact) mass is 290 g/mol. The molecular weight excluding hydrogens is 268 g/mol. The van der Waals surface area contributed by atoms with Crippen LogP contribution in [-0.2, 0) is 4.79 Å². The molecule has 0 saturated carbocycles. The maximum Gasteiger partial charge on any atom is 0.221 e. The van der Waals surface area contributed by atoms with Gasteiger partial charge in [-0.1, -0.05) is 18.2 Å². The van der Waals surface area contributed by atoms with E-state index in [0.29, 0.717) is 37.1 Å². The van der Waals surface area contributed by atoms with Crippen molar-refractivity contribution in [1.82, 2.24) is 5.32 Å². The Morgan fingerprint density at radius 2 is 2.19 bits per heavy atom. The van der Waals surface area contributed by atoms with Crippen molar-refractivity contribution in [1.29, 1.82) is 0 Å². The van der Waals surface area contributed by atoms with E-state index in [-0.39, 0.29) is 5.91 Å². The predicted molar refractivity (Wildman–Crippen MR) is 85.5 cm³/mol. The summed E-state index contributed by atoms with van der Waals surface area (Å²) in [6.45, 7) is 8.59. The molecule has 0 aromatic heterocycles. The van der Waals surface area contributed by atoms with Gasteiger partial charge >= 0.3 is 0 Å². The molecule has 0 heterocycles. The molecule has 0 unspecified atom stereocenters. The molecule has 114 valence electrons. The van der Waals surface area contributed by atoms with E-state index in [1.54, 1.807) is 12.1 Å². The van der Waals surface area contributed by atoms with Crippen LogP contribution in [0, 0.1) is 0 Å². The number of carbonyl (C=O) groups excluding carboxylic acids is 1. The lowest BCUT2D eigenvalue weighted by Gasteiger charge is -2.09. The maximum absolute atomic E-state index is 11.0. The van der Waals surface area contributed by atoms with Crippen LogP contribution in [0.1, 0.15) is 13.8 Å². The van der Waals surface area contributed by atoms with Crippen LogP contribution < -0.4 is 21.1 Å². The number of hydrogen-bond acceptors (Lipinski definition) is 3. The number of nitrogens with two attached hydrogens (primary N) is 1. The molecule has 0 fully saturated rings. The van der Waals surface area contributed by atoms with Gasteiger partial charge in [0.2, 0.25) is 5.91 Å². The average molecular weight is 290 g/mol. The first-order chi connectivity index (χ1) is 9.97. The van der Waals surface area contributed by atoms with Crippen molar-refractivity contribution in [2.24, 2.45) is 10.7 Å². The van der Waals surface area contributed by atoms with Crippen molar-refractivity contribution in [3.8, 4) is 5.75 Å². The van der Waals surface area contributed by atoms with Crippen molar-refractivity contribution in [2.75, 3.05) is 25.0 Å². The van der Waals surface area contributed by atoms with Crippen molar-refractivity contribution < 1.29 is 9.53 Å². The van der Waals surface area contributed by atoms with Crippen LogP contribution in [-0.4, -0.2) is 31.6 Å². The third-order valence-corrected chi connectivity index (χ3v) is 2.35. The number of carbonyl (C=O) groups is 1. The van der Waals surface area contributed by atoms with Gasteiger partial charge in [0.1, 0.15) is 12.4 Å². The standard InChI is InChI=1S/C15H22N4O2/c1-11(2)10-18-15(16)17-7-8-21-14-6-4-5-13(9-14)19-12(3)20/h4-6,9H,1,7-8,10H2,2-3H3,(H,19,20)(H3,16,17,18). The summed E-state index contributed by atoms with van der Waals surface area (Å²) in [5.74, 6) is 0.935. The Balaban J connectivity index is 2.34. The number of ether oxygens (including phenoxy) is 1. The van der Waals surface area contributed by atoms with Gasteiger partial charge in [-0.25, -0.2) is 4.99 Å². The number of guanidine groups is 1. The van der Waals surface area contributed by atoms with Crippen LogP contribution in [0.3, 0.4) is 0 Å². The Bertz CT molecular complexity index is 526. The summed E-state index contributed by atoms with van der Waals surface area (Å²) >= 11 is 0. The van der Waals surface area contributed by atoms with Gasteiger partial charge in [0.25, 0.3) is 0 Å². The number of nitrogens with zero attached hydrogens (tertiary/aromatic N) is 1. The number of benzene rings is 1. The molecule has 6 nitrogen and oxygen atoms in total. The molecule has 4 N–H and O–H groups in total. The zero-order chi connectivity index (χ0) is 15.7. The smallest absolute Gasteiger partial charge is 0.221 e. The molecule has 0 aliphatic carbocycles. The zero-order valence-electron chi connectivity index (χ0n) is 12.5. The van der Waals surface area contributed by atoms with Gasteiger partial charge in [0.15, 0.2) is 5.96 Å². The minimum absolute atomic E-state index is 0.115. The fraction of sp³-hybridized carbons (Fsp3) is 0.333. The van der Waals surface area contributed by atoms with E-state index < -0.39 is 0 Å². The first-order valence-electron chi connectivity index (χ1n) is 6.66. The summed E-state index contributed by atoms with van der Waals surface area (Å²) < 4.78 is 5.56. The van der Waals surface area contributed by atoms with E-state index in [1.807, 2.05) is 19.1 Å². The molecule has 21 heavy (non-hydrogen) atoms. The molecule has 0 aliphatic rings. The summed E-state index contributed by atoms with van der Waals surface area (Å²) in [6.07, 6.45) is 0. The van der Waals surface area contributed by atoms with Crippen LogP contribution >= 0.6 is 0 Å². The molecule has 0 bridgehead atoms. The Morgan fingerprint density at radius 3 is 2.86 bits per heavy atom. The minimum Gasteiger partial charge on any atom is -0.492 e. The molecular formula is C15H22N4O2. The SMILES string of the molecule is C=C(C)CN=C(N)NCCOc1cccc(NC(C)=O)c1. The highest BCUT2D eigenvalue weighted by molar-refractivity contribution is 5.88. The molecule has 0 saturated heterocycles. The van der Waals surface area contributed by atoms with Crippen LogP contribution in [0.15, 0.2) is 41.4 Å². The normalized spacial score (nSPS) is 10.9. The molecule has 0 radical (unpaired) electrons. The third kappa shape index (κ3) is 7.61. The largest absolute Gasteiger partial charge is 0.492 e. The Kier molecular flexibility index (Phi) is 6.80. The van der Waals surface area contributed by atoms with Crippen LogP contribution in [0.5, 0.6) is 5.75 Å². The van der Waals surface area contributed by atoms with Gasteiger partial charge < -0.3 is 21.1 Å². The highest BCUT2D eigenvalue weighted by atomic mass is 16.5. The van der Waals surface area contributed by atoms with E-state index in [0.717, 1.165) is 5.57 Å². The summed E-state index contributed by atoms with van der Waals surface area (Å²) in [5, 5.41) is 5.65. The number of rotatable bonds is 7. The molecule has 0 spiro atoms. The molecule has 1 rings (SSSR count). The lowest BCUT2D eigenvalue weighted by atomic mass is 10.3. The second-order valence-corrected chi connectivity index (χ2v) is 4.64. The quantitative estimate of drug-likeness (QED) is 0.307. The van der Waals surface area contributed by atoms with Gasteiger partial charge in [-0.2, -0.15) is 0 Å². The van der Waals surface area contributed by atoms with Crippen molar-refractivity contribution in [3.05, 3.63) is 36.4 Å². The third-order valence-electron chi connectivity index (χ3n) is 2.35. The average Bonchev–Trinajstić information content (AvgIpc) is 2.41. The van der Waals surface area contributed by atoms with Crippen molar-refractivity contribution in [2.45, 2.75) is 13.8 Å². The molecule has 6 heteroatoms. The molecule has 0 aliphatic heterocycles. The Labute approximate surface area is 125 Å². The topological polar surface area (TPSA) is 88.7 Å². The fourth-order valence-electron chi connectivity index (χ4n) is 1.49. The molecule has 0 atom stereocenters. The van der Waals surface area contributed by atoms with Crippen LogP contribution in [0.2, 0.25) is 0 Å². The number of nitrogens with one attached hydrogen (secondary N) is 2. The van der Waals surface area contributed by atoms with E-state index in [9.17, 15) is 4.79 Å². The maximum atomic E-state index is 11.0. The predicted octanol–water partition coefficient (Wildman–Crippen LogP) is 1.50. The highest BCUT2D eigenvalue weighted by Crippen LogP contribution is 2.16. The van der Waals surface area contributed by atoms with Gasteiger partial charge in [-0.3, -0.25) is 4.79 Å². The lowest BCUT2D eigenvalue weighted by molar-refractivity contribution is -0.114. The Morgan fingerprint density at radius 1 is 1.43 bits per heavy atom. The van der Waals surface area contributed by atoms with Gasteiger partial charge in [0, 0.05) is 18.7 Å². The molecule has 1 amide bonds. The van der Waals surface area contributed by atoms with Gasteiger partial charge in [-0.05, 0) is 19.1 Å². The number of hydrogen-bond donors (Lipinski definition) is 3. The summed E-state index contributed by atoms with van der Waals surface area (Å²) in [5.41, 5.74) is 7.33. The minimum atomic E-state index is -0.115. The zero-order valence-corrected chi connectivity index (χ0v) is 12.5. The lowest BCUT2D eigenvalue weighted by Crippen LogP contribution is -2.34. The number of anilines is 1. The van der Waals surface area contributed by atoms with E-state index in [2.05, 4.69) is 22.2 Å². The second kappa shape index (κ2) is 8.63. The first-order valence-corrected chi connectivity index (χ1v) is 6.66. The van der Waals surface area contributed by atoms with Crippen LogP contribution in [0.25, 0.3) is 0 Å². The van der Waals surface area contributed by atoms with Gasteiger partial charge in [0.05, 0.1) is 13.1 Å². The molecule has 1 aromatic carbocycles. The summed E-state index contributed by atoms with van der Waals surface area (Å²) in [7, 11) is 0. The van der Waals surface area contributed by atoms with E-state index in [4.69, 9.17) is 10.5 Å². The van der Waals surface area contributed by atoms with Crippen molar-refractivity contribution in [3.63, 3.8) is 0 Å². The summed E-state index contributed by atoms with van der Waals surface area (Å²) in [4.78, 5) is 15.1. The van der Waals surface area contributed by atoms with Crippen LogP contribution in [0.4, 0.5) is 5.69 Å². The highest BCUT2D eigenvalue weighted by Gasteiger charge is 1.99. The van der Waals surface area contributed by atoms with E-state index in [1.165, 1.54) is 6.92 Å². The fourth-order valence-corrected chi connectivity index (χ4v) is 1.49. The first kappa shape index (κ1) is 16.6. The van der Waals surface area contributed by atoms with E-state index >= 15 is 0 Å². The number of amides is 1. The molecule has 1 aromatic rings. The van der Waals surface area contributed by atoms with Crippen molar-refractivity contribution >= 4 is 17.6 Å². The summed E-state index contributed by atoms with van der Waals surface area (Å²) in [6, 6.07) is 7.20. The number of aliphatic imine (C=N–C) groups is 1. The second-order valence-electron chi connectivity index (χ2n) is 4.64. The van der Waals surface area contributed by atoms with Gasteiger partial charge in [-0.15, -0.1) is 0 Å². The Hall–Kier alpha value is -2.50.